The van der Waals surface area contributed by atoms with Crippen LogP contribution in [0.2, 0.25) is 0 Å². The summed E-state index contributed by atoms with van der Waals surface area (Å²) in [5.41, 5.74) is 0.998. The van der Waals surface area contributed by atoms with Crippen molar-refractivity contribution < 1.29 is 16.8 Å². The summed E-state index contributed by atoms with van der Waals surface area (Å²) in [6.07, 6.45) is 0. The van der Waals surface area contributed by atoms with Gasteiger partial charge in [0, 0.05) is 0 Å². The lowest BCUT2D eigenvalue weighted by molar-refractivity contribution is 0.586. The fraction of sp³-hybridized carbons (Fsp3) is 0.143. The smallest absolute Gasteiger partial charge is 0.201 e. The van der Waals surface area contributed by atoms with Crippen molar-refractivity contribution >= 4 is 19.7 Å². The Bertz CT molecular complexity index is 882. The number of hydrogen-bond acceptors (Lipinski definition) is 4. The predicted molar refractivity (Wildman–Crippen MR) is 74.7 cm³/mol. The second kappa shape index (κ2) is 4.17. The lowest BCUT2D eigenvalue weighted by Gasteiger charge is -2.09. The van der Waals surface area contributed by atoms with Crippen molar-refractivity contribution in [1.82, 2.24) is 0 Å². The normalized spacial score (nSPS) is 22.4. The monoisotopic (exact) mass is 308 g/mol. The average Bonchev–Trinajstić information content (AvgIpc) is 2.53. The Balaban J connectivity index is 2.36. The van der Waals surface area contributed by atoms with Crippen molar-refractivity contribution in [3.8, 4) is 0 Å². The van der Waals surface area contributed by atoms with E-state index in [1.54, 1.807) is 31.2 Å². The van der Waals surface area contributed by atoms with Crippen molar-refractivity contribution in [3.63, 3.8) is 0 Å². The Hall–Kier alpha value is -1.66. The Morgan fingerprint density at radius 1 is 0.800 bits per heavy atom. The van der Waals surface area contributed by atoms with Crippen LogP contribution in [0.15, 0.2) is 58.3 Å². The van der Waals surface area contributed by atoms with E-state index < -0.39 is 24.3 Å². The Kier molecular flexibility index (Phi) is 2.78. The second-order valence-corrected chi connectivity index (χ2v) is 9.08. The van der Waals surface area contributed by atoms with E-state index in [1.807, 2.05) is 0 Å². The molecule has 0 radical (unpaired) electrons. The van der Waals surface area contributed by atoms with E-state index in [9.17, 15) is 16.8 Å². The van der Waals surface area contributed by atoms with Crippen LogP contribution in [0.3, 0.4) is 0 Å². The van der Waals surface area contributed by atoms with E-state index in [0.29, 0.717) is 0 Å². The molecule has 4 nitrogen and oxygen atoms in total. The van der Waals surface area contributed by atoms with Gasteiger partial charge in [0.2, 0.25) is 19.7 Å². The molecule has 20 heavy (non-hydrogen) atoms. The lowest BCUT2D eigenvalue weighted by Crippen LogP contribution is -2.14. The van der Waals surface area contributed by atoms with Crippen LogP contribution in [0.1, 0.15) is 15.7 Å². The van der Waals surface area contributed by atoms with Gasteiger partial charge in [-0.25, -0.2) is 16.8 Å². The Morgan fingerprint density at radius 2 is 1.40 bits per heavy atom. The molecule has 0 saturated carbocycles. The van der Waals surface area contributed by atoms with E-state index in [4.69, 9.17) is 0 Å². The van der Waals surface area contributed by atoms with Crippen LogP contribution in [-0.2, 0) is 19.7 Å². The van der Waals surface area contributed by atoms with Crippen LogP contribution >= 0.6 is 0 Å². The number of fused-ring (bicyclic) bond motifs is 1. The summed E-state index contributed by atoms with van der Waals surface area (Å²) in [5.74, 6) is 0. The van der Waals surface area contributed by atoms with E-state index in [2.05, 4.69) is 0 Å². The first-order chi connectivity index (χ1) is 9.35. The fourth-order valence-electron chi connectivity index (χ4n) is 2.44. The van der Waals surface area contributed by atoms with Gasteiger partial charge in [-0.05, 0) is 30.2 Å². The van der Waals surface area contributed by atoms with Crippen molar-refractivity contribution in [2.75, 3.05) is 0 Å². The zero-order chi connectivity index (χ0) is 14.5. The largest absolute Gasteiger partial charge is 0.222 e. The standard InChI is InChI=1S/C14H12O4S2/c1-10-7-8-12-13(9-10)20(17,18)14(19(12,15)16)11-5-3-2-4-6-11/h2-9,14H,1H3. The molecule has 0 saturated heterocycles. The molecule has 104 valence electrons. The summed E-state index contributed by atoms with van der Waals surface area (Å²) >= 11 is 0. The van der Waals surface area contributed by atoms with Gasteiger partial charge in [0.1, 0.15) is 0 Å². The molecule has 2 aromatic carbocycles. The third-order valence-corrected chi connectivity index (χ3v) is 8.59. The number of rotatable bonds is 1. The van der Waals surface area contributed by atoms with Gasteiger partial charge in [-0.3, -0.25) is 0 Å². The number of sulfone groups is 2. The number of aryl methyl sites for hydroxylation is 1. The van der Waals surface area contributed by atoms with Gasteiger partial charge in [-0.1, -0.05) is 36.4 Å². The predicted octanol–water partition coefficient (Wildman–Crippen LogP) is 2.25. The van der Waals surface area contributed by atoms with Crippen molar-refractivity contribution in [2.45, 2.75) is 21.3 Å². The molecule has 0 aliphatic carbocycles. The first-order valence-electron chi connectivity index (χ1n) is 5.98. The van der Waals surface area contributed by atoms with Crippen LogP contribution in [0.25, 0.3) is 0 Å². The fourth-order valence-corrected chi connectivity index (χ4v) is 7.88. The molecule has 3 rings (SSSR count). The van der Waals surface area contributed by atoms with Crippen LogP contribution in [-0.4, -0.2) is 16.8 Å². The lowest BCUT2D eigenvalue weighted by atomic mass is 10.2. The minimum Gasteiger partial charge on any atom is -0.222 e. The molecule has 1 heterocycles. The van der Waals surface area contributed by atoms with Gasteiger partial charge in [-0.2, -0.15) is 0 Å². The average molecular weight is 308 g/mol. The summed E-state index contributed by atoms with van der Waals surface area (Å²) in [7, 11) is -7.83. The van der Waals surface area contributed by atoms with Crippen LogP contribution in [0.4, 0.5) is 0 Å². The zero-order valence-electron chi connectivity index (χ0n) is 10.6. The molecule has 1 aliphatic rings. The van der Waals surface area contributed by atoms with Gasteiger partial charge < -0.3 is 0 Å². The molecule has 0 N–H and O–H groups in total. The van der Waals surface area contributed by atoms with Gasteiger partial charge in [0.05, 0.1) is 9.79 Å². The van der Waals surface area contributed by atoms with Crippen LogP contribution in [0.5, 0.6) is 0 Å². The third-order valence-electron chi connectivity index (χ3n) is 3.35. The van der Waals surface area contributed by atoms with Crippen LogP contribution in [0, 0.1) is 6.92 Å². The topological polar surface area (TPSA) is 68.3 Å². The SMILES string of the molecule is Cc1ccc2c(c1)S(=O)(=O)C(c1ccccc1)S2(=O)=O. The molecule has 0 amide bonds. The molecule has 0 bridgehead atoms. The van der Waals surface area contributed by atoms with Crippen LogP contribution < -0.4 is 0 Å². The van der Waals surface area contributed by atoms with Crippen molar-refractivity contribution in [2.24, 2.45) is 0 Å². The minimum absolute atomic E-state index is 0.0913. The molecule has 0 spiro atoms. The maximum atomic E-state index is 12.6. The summed E-state index contributed by atoms with van der Waals surface area (Å²) in [6, 6.07) is 12.4. The minimum atomic E-state index is -3.92. The van der Waals surface area contributed by atoms with Gasteiger partial charge in [0.15, 0.2) is 4.58 Å². The number of benzene rings is 2. The summed E-state index contributed by atoms with van der Waals surface area (Å²) < 4.78 is 48.7. The summed E-state index contributed by atoms with van der Waals surface area (Å²) in [4.78, 5) is -0.191. The van der Waals surface area contributed by atoms with Gasteiger partial charge in [0.25, 0.3) is 0 Å². The van der Waals surface area contributed by atoms with Crippen molar-refractivity contribution in [1.29, 1.82) is 0 Å². The summed E-state index contributed by atoms with van der Waals surface area (Å²) in [5, 5.41) is 0. The Labute approximate surface area is 117 Å². The Morgan fingerprint density at radius 3 is 2.05 bits per heavy atom. The molecule has 0 aromatic heterocycles. The molecule has 1 aliphatic heterocycles. The van der Waals surface area contributed by atoms with E-state index in [1.165, 1.54) is 24.3 Å². The van der Waals surface area contributed by atoms with Gasteiger partial charge >= 0.3 is 0 Å². The molecule has 2 aromatic rings. The second-order valence-electron chi connectivity index (χ2n) is 4.78. The highest BCUT2D eigenvalue weighted by Crippen LogP contribution is 2.46. The van der Waals surface area contributed by atoms with Crippen molar-refractivity contribution in [3.05, 3.63) is 59.7 Å². The maximum absolute atomic E-state index is 12.6. The highest BCUT2D eigenvalue weighted by atomic mass is 32.3. The molecule has 1 atom stereocenters. The summed E-state index contributed by atoms with van der Waals surface area (Å²) in [6.45, 7) is 1.73. The quantitative estimate of drug-likeness (QED) is 0.810. The molecule has 0 fully saturated rings. The van der Waals surface area contributed by atoms with E-state index in [-0.39, 0.29) is 15.4 Å². The van der Waals surface area contributed by atoms with Gasteiger partial charge in [-0.15, -0.1) is 0 Å². The number of hydrogen-bond donors (Lipinski definition) is 0. The maximum Gasteiger partial charge on any atom is 0.201 e. The molecule has 1 unspecified atom stereocenters. The highest BCUT2D eigenvalue weighted by Gasteiger charge is 2.50. The first-order valence-corrected chi connectivity index (χ1v) is 9.08. The van der Waals surface area contributed by atoms with E-state index in [0.717, 1.165) is 5.56 Å². The molecular weight excluding hydrogens is 296 g/mol. The highest BCUT2D eigenvalue weighted by molar-refractivity contribution is 8.11. The molecule has 6 heteroatoms. The molecular formula is C14H12O4S2. The zero-order valence-corrected chi connectivity index (χ0v) is 12.3. The van der Waals surface area contributed by atoms with E-state index >= 15 is 0 Å². The third kappa shape index (κ3) is 1.72. The first kappa shape index (κ1) is 13.3.